The van der Waals surface area contributed by atoms with E-state index in [-0.39, 0.29) is 0 Å². The summed E-state index contributed by atoms with van der Waals surface area (Å²) in [4.78, 5) is 8.30. The van der Waals surface area contributed by atoms with Gasteiger partial charge in [-0.3, -0.25) is 0 Å². The maximum Gasteiger partial charge on any atom is 0.227 e. The molecule has 2 rings (SSSR count). The van der Waals surface area contributed by atoms with Crippen molar-refractivity contribution in [2.45, 2.75) is 39.5 Å². The van der Waals surface area contributed by atoms with Crippen LogP contribution in [0.3, 0.4) is 0 Å². The van der Waals surface area contributed by atoms with Gasteiger partial charge in [-0.25, -0.2) is 9.97 Å². The second kappa shape index (κ2) is 6.89. The van der Waals surface area contributed by atoms with Gasteiger partial charge in [-0.15, -0.1) is 0 Å². The van der Waals surface area contributed by atoms with Gasteiger partial charge in [0.15, 0.2) is 0 Å². The van der Waals surface area contributed by atoms with Gasteiger partial charge in [0.1, 0.15) is 17.9 Å². The van der Waals surface area contributed by atoms with Crippen molar-refractivity contribution in [1.82, 2.24) is 9.97 Å². The highest BCUT2D eigenvalue weighted by Crippen LogP contribution is 2.34. The first kappa shape index (κ1) is 15.8. The molecule has 2 N–H and O–H groups in total. The Morgan fingerprint density at radius 3 is 2.71 bits per heavy atom. The molecule has 1 aromatic carbocycles. The Bertz CT molecular complexity index is 629. The number of ether oxygens (including phenoxy) is 1. The van der Waals surface area contributed by atoms with Gasteiger partial charge in [-0.05, 0) is 36.1 Å². The number of nitrogens with two attached hydrogens (primary N) is 1. The van der Waals surface area contributed by atoms with Crippen LogP contribution in [0.15, 0.2) is 29.0 Å². The highest BCUT2D eigenvalue weighted by Gasteiger charge is 2.14. The first-order valence-electron chi connectivity index (χ1n) is 7.09. The minimum atomic E-state index is 0.353. The van der Waals surface area contributed by atoms with Crippen molar-refractivity contribution in [2.75, 3.05) is 5.73 Å². The van der Waals surface area contributed by atoms with Crippen molar-refractivity contribution in [2.24, 2.45) is 0 Å². The quantitative estimate of drug-likeness (QED) is 0.850. The van der Waals surface area contributed by atoms with Crippen LogP contribution in [0.5, 0.6) is 11.6 Å². The van der Waals surface area contributed by atoms with E-state index >= 15 is 0 Å². The van der Waals surface area contributed by atoms with Crippen LogP contribution in [0, 0.1) is 0 Å². The van der Waals surface area contributed by atoms with Gasteiger partial charge in [0.2, 0.25) is 5.88 Å². The fourth-order valence-corrected chi connectivity index (χ4v) is 2.53. The molecule has 0 amide bonds. The molecule has 0 fully saturated rings. The predicted molar refractivity (Wildman–Crippen MR) is 88.7 cm³/mol. The van der Waals surface area contributed by atoms with Crippen LogP contribution in [0.2, 0.25) is 0 Å². The molecule has 112 valence electrons. The normalized spacial score (nSPS) is 10.9. The Morgan fingerprint density at radius 1 is 1.29 bits per heavy atom. The van der Waals surface area contributed by atoms with Crippen LogP contribution in [0.4, 0.5) is 5.82 Å². The molecule has 0 spiro atoms. The maximum atomic E-state index is 6.04. The number of anilines is 1. The zero-order valence-electron chi connectivity index (χ0n) is 12.6. The lowest BCUT2D eigenvalue weighted by Gasteiger charge is -2.16. The van der Waals surface area contributed by atoms with Gasteiger partial charge >= 0.3 is 0 Å². The summed E-state index contributed by atoms with van der Waals surface area (Å²) in [5.74, 6) is 2.20. The van der Waals surface area contributed by atoms with Crippen molar-refractivity contribution < 1.29 is 4.74 Å². The lowest BCUT2D eigenvalue weighted by molar-refractivity contribution is 0.446. The third-order valence-electron chi connectivity index (χ3n) is 3.24. The van der Waals surface area contributed by atoms with Crippen molar-refractivity contribution >= 4 is 21.7 Å². The number of rotatable bonds is 5. The van der Waals surface area contributed by atoms with E-state index in [0.29, 0.717) is 17.6 Å². The molecule has 0 aliphatic heterocycles. The number of nitrogen functional groups attached to an aromatic ring is 1. The highest BCUT2D eigenvalue weighted by atomic mass is 79.9. The third kappa shape index (κ3) is 3.73. The molecule has 0 radical (unpaired) electrons. The van der Waals surface area contributed by atoms with E-state index < -0.39 is 0 Å². The topological polar surface area (TPSA) is 61.0 Å². The molecular formula is C16H20BrN3O. The van der Waals surface area contributed by atoms with Crippen LogP contribution in [0.1, 0.15) is 44.2 Å². The lowest BCUT2D eigenvalue weighted by Crippen LogP contribution is -2.04. The molecule has 1 aromatic heterocycles. The van der Waals surface area contributed by atoms with Crippen LogP contribution in [0.25, 0.3) is 0 Å². The zero-order chi connectivity index (χ0) is 15.4. The summed E-state index contributed by atoms with van der Waals surface area (Å²) in [5.41, 5.74) is 7.95. The summed E-state index contributed by atoms with van der Waals surface area (Å²) in [6.07, 6.45) is 3.21. The van der Waals surface area contributed by atoms with E-state index in [9.17, 15) is 0 Å². The van der Waals surface area contributed by atoms with Gasteiger partial charge < -0.3 is 10.5 Å². The summed E-state index contributed by atoms with van der Waals surface area (Å²) in [6, 6.07) is 5.99. The number of nitrogens with zero attached hydrogens (tertiary/aromatic N) is 2. The van der Waals surface area contributed by atoms with Gasteiger partial charge in [-0.2, -0.15) is 0 Å². The third-order valence-corrected chi connectivity index (χ3v) is 3.73. The van der Waals surface area contributed by atoms with E-state index in [1.165, 1.54) is 6.33 Å². The fourth-order valence-electron chi connectivity index (χ4n) is 2.15. The number of halogens is 1. The number of aromatic nitrogens is 2. The zero-order valence-corrected chi connectivity index (χ0v) is 14.1. The van der Waals surface area contributed by atoms with E-state index in [2.05, 4.69) is 52.7 Å². The van der Waals surface area contributed by atoms with Crippen LogP contribution >= 0.6 is 15.9 Å². The minimum Gasteiger partial charge on any atom is -0.438 e. The Labute approximate surface area is 133 Å². The Hall–Kier alpha value is -1.62. The Morgan fingerprint density at radius 2 is 2.05 bits per heavy atom. The highest BCUT2D eigenvalue weighted by molar-refractivity contribution is 9.10. The van der Waals surface area contributed by atoms with E-state index in [0.717, 1.165) is 34.2 Å². The second-order valence-electron chi connectivity index (χ2n) is 5.23. The largest absolute Gasteiger partial charge is 0.438 e. The SMILES string of the molecule is CCCc1c(N)ncnc1Oc1ccc(Br)cc1C(C)C. The molecular weight excluding hydrogens is 330 g/mol. The van der Waals surface area contributed by atoms with Gasteiger partial charge in [-0.1, -0.05) is 43.1 Å². The predicted octanol–water partition coefficient (Wildman–Crippen LogP) is 4.69. The molecule has 4 nitrogen and oxygen atoms in total. The first-order valence-corrected chi connectivity index (χ1v) is 7.88. The molecule has 5 heteroatoms. The van der Waals surface area contributed by atoms with E-state index in [4.69, 9.17) is 10.5 Å². The van der Waals surface area contributed by atoms with Gasteiger partial charge in [0.25, 0.3) is 0 Å². The maximum absolute atomic E-state index is 6.04. The lowest BCUT2D eigenvalue weighted by atomic mass is 10.0. The summed E-state index contributed by atoms with van der Waals surface area (Å²) < 4.78 is 7.07. The van der Waals surface area contributed by atoms with E-state index in [1.54, 1.807) is 0 Å². The summed E-state index contributed by atoms with van der Waals surface area (Å²) in [7, 11) is 0. The van der Waals surface area contributed by atoms with E-state index in [1.807, 2.05) is 12.1 Å². The van der Waals surface area contributed by atoms with Crippen molar-refractivity contribution in [3.63, 3.8) is 0 Å². The summed E-state index contributed by atoms with van der Waals surface area (Å²) in [6.45, 7) is 6.36. The minimum absolute atomic E-state index is 0.353. The molecule has 0 saturated heterocycles. The molecule has 1 heterocycles. The molecule has 0 aliphatic carbocycles. The summed E-state index contributed by atoms with van der Waals surface area (Å²) in [5, 5.41) is 0. The Kier molecular flexibility index (Phi) is 5.17. The first-order chi connectivity index (χ1) is 10.0. The number of benzene rings is 1. The molecule has 0 atom stereocenters. The average molecular weight is 350 g/mol. The van der Waals surface area contributed by atoms with Crippen molar-refractivity contribution in [3.05, 3.63) is 40.1 Å². The van der Waals surface area contributed by atoms with Crippen LogP contribution in [-0.2, 0) is 6.42 Å². The molecule has 2 aromatic rings. The second-order valence-corrected chi connectivity index (χ2v) is 6.15. The molecule has 0 saturated carbocycles. The Balaban J connectivity index is 2.41. The number of hydrogen-bond donors (Lipinski definition) is 1. The standard InChI is InChI=1S/C16H20BrN3O/c1-4-5-12-15(18)19-9-20-16(12)21-14-7-6-11(17)8-13(14)10(2)3/h6-10H,4-5H2,1-3H3,(H2,18,19,20). The van der Waals surface area contributed by atoms with Gasteiger partial charge in [0.05, 0.1) is 5.56 Å². The molecule has 0 unspecified atom stereocenters. The van der Waals surface area contributed by atoms with Crippen LogP contribution < -0.4 is 10.5 Å². The molecule has 0 bridgehead atoms. The molecule has 21 heavy (non-hydrogen) atoms. The van der Waals surface area contributed by atoms with Gasteiger partial charge in [0, 0.05) is 4.47 Å². The summed E-state index contributed by atoms with van der Waals surface area (Å²) >= 11 is 3.50. The fraction of sp³-hybridized carbons (Fsp3) is 0.375. The smallest absolute Gasteiger partial charge is 0.227 e. The van der Waals surface area contributed by atoms with Crippen molar-refractivity contribution in [1.29, 1.82) is 0 Å². The van der Waals surface area contributed by atoms with Crippen molar-refractivity contribution in [3.8, 4) is 11.6 Å². The van der Waals surface area contributed by atoms with Crippen LogP contribution in [-0.4, -0.2) is 9.97 Å². The monoisotopic (exact) mass is 349 g/mol. The molecule has 0 aliphatic rings. The number of hydrogen-bond acceptors (Lipinski definition) is 4. The average Bonchev–Trinajstić information content (AvgIpc) is 2.44.